The lowest BCUT2D eigenvalue weighted by Gasteiger charge is -2.15. The van der Waals surface area contributed by atoms with Crippen LogP contribution in [0.25, 0.3) is 5.82 Å². The maximum absolute atomic E-state index is 12.4. The van der Waals surface area contributed by atoms with Crippen LogP contribution in [-0.2, 0) is 4.79 Å². The molecule has 0 spiro atoms. The van der Waals surface area contributed by atoms with Gasteiger partial charge in [-0.3, -0.25) is 4.79 Å². The van der Waals surface area contributed by atoms with Crippen LogP contribution >= 0.6 is 0 Å². The summed E-state index contributed by atoms with van der Waals surface area (Å²) in [5.41, 5.74) is 1.05. The average Bonchev–Trinajstić information content (AvgIpc) is 3.22. The first kappa shape index (κ1) is 17.7. The summed E-state index contributed by atoms with van der Waals surface area (Å²) in [6.07, 6.45) is 6.16. The van der Waals surface area contributed by atoms with Crippen molar-refractivity contribution < 1.29 is 4.79 Å². The van der Waals surface area contributed by atoms with Crippen LogP contribution in [0.15, 0.2) is 67.3 Å². The topological polar surface area (TPSA) is 71.8 Å². The van der Waals surface area contributed by atoms with E-state index in [0.29, 0.717) is 13.1 Å². The standard InChI is InChI=1S/C20H23N5O/c1-2-17(16-8-4-3-5-9-16)20(26)22-11-10-21-18-14-19(24-15-23-18)25-12-6-7-13-25/h3-9,12-15,17H,2,10-11H2,1H3,(H,22,26)(H,21,23,24). The van der Waals surface area contributed by atoms with Crippen molar-refractivity contribution in [3.63, 3.8) is 0 Å². The van der Waals surface area contributed by atoms with Crippen molar-refractivity contribution in [3.8, 4) is 5.82 Å². The summed E-state index contributed by atoms with van der Waals surface area (Å²) in [6, 6.07) is 15.6. The quantitative estimate of drug-likeness (QED) is 0.613. The zero-order valence-electron chi connectivity index (χ0n) is 14.8. The maximum atomic E-state index is 12.4. The van der Waals surface area contributed by atoms with Gasteiger partial charge >= 0.3 is 0 Å². The van der Waals surface area contributed by atoms with E-state index in [1.165, 1.54) is 6.33 Å². The predicted molar refractivity (Wildman–Crippen MR) is 102 cm³/mol. The first-order valence-electron chi connectivity index (χ1n) is 8.80. The van der Waals surface area contributed by atoms with Crippen molar-refractivity contribution in [2.45, 2.75) is 19.3 Å². The van der Waals surface area contributed by atoms with E-state index in [1.807, 2.05) is 72.4 Å². The molecule has 6 heteroatoms. The van der Waals surface area contributed by atoms with E-state index in [9.17, 15) is 4.79 Å². The van der Waals surface area contributed by atoms with Crippen LogP contribution in [0.4, 0.5) is 5.82 Å². The molecule has 2 heterocycles. The van der Waals surface area contributed by atoms with Crippen molar-refractivity contribution in [3.05, 3.63) is 72.8 Å². The van der Waals surface area contributed by atoms with Crippen LogP contribution in [0, 0.1) is 0 Å². The molecule has 1 aromatic carbocycles. The predicted octanol–water partition coefficient (Wildman–Crippen LogP) is 2.99. The van der Waals surface area contributed by atoms with Crippen molar-refractivity contribution in [1.29, 1.82) is 0 Å². The number of rotatable bonds is 8. The number of carbonyl (C=O) groups is 1. The Bertz CT molecular complexity index is 817. The molecule has 3 rings (SSSR count). The molecule has 6 nitrogen and oxygen atoms in total. The summed E-state index contributed by atoms with van der Waals surface area (Å²) < 4.78 is 1.92. The minimum absolute atomic E-state index is 0.0521. The summed E-state index contributed by atoms with van der Waals surface area (Å²) in [5, 5.41) is 6.21. The maximum Gasteiger partial charge on any atom is 0.227 e. The molecule has 0 saturated heterocycles. The molecule has 0 aliphatic rings. The summed E-state index contributed by atoms with van der Waals surface area (Å²) >= 11 is 0. The Morgan fingerprint density at radius 2 is 1.85 bits per heavy atom. The summed E-state index contributed by atoms with van der Waals surface area (Å²) in [6.45, 7) is 3.16. The monoisotopic (exact) mass is 349 g/mol. The van der Waals surface area contributed by atoms with E-state index < -0.39 is 0 Å². The van der Waals surface area contributed by atoms with Crippen LogP contribution in [0.1, 0.15) is 24.8 Å². The Kier molecular flexibility index (Phi) is 5.98. The molecule has 0 bridgehead atoms. The molecule has 26 heavy (non-hydrogen) atoms. The van der Waals surface area contributed by atoms with E-state index in [0.717, 1.165) is 23.6 Å². The highest BCUT2D eigenvalue weighted by molar-refractivity contribution is 5.83. The van der Waals surface area contributed by atoms with Gasteiger partial charge in [0.1, 0.15) is 18.0 Å². The molecule has 1 amide bonds. The lowest BCUT2D eigenvalue weighted by atomic mass is 9.96. The highest BCUT2D eigenvalue weighted by Crippen LogP contribution is 2.19. The van der Waals surface area contributed by atoms with E-state index in [2.05, 4.69) is 20.6 Å². The fourth-order valence-electron chi connectivity index (χ4n) is 2.83. The number of aromatic nitrogens is 3. The molecule has 0 aliphatic heterocycles. The van der Waals surface area contributed by atoms with Gasteiger partial charge in [-0.05, 0) is 24.1 Å². The van der Waals surface area contributed by atoms with Gasteiger partial charge in [-0.2, -0.15) is 0 Å². The van der Waals surface area contributed by atoms with Gasteiger partial charge in [0.05, 0.1) is 5.92 Å². The van der Waals surface area contributed by atoms with E-state index in [4.69, 9.17) is 0 Å². The molecule has 0 fully saturated rings. The lowest BCUT2D eigenvalue weighted by Crippen LogP contribution is -2.33. The molecule has 2 N–H and O–H groups in total. The lowest BCUT2D eigenvalue weighted by molar-refractivity contribution is -0.122. The number of anilines is 1. The third kappa shape index (κ3) is 4.47. The fraction of sp³-hybridized carbons (Fsp3) is 0.250. The van der Waals surface area contributed by atoms with Crippen molar-refractivity contribution in [2.24, 2.45) is 0 Å². The van der Waals surface area contributed by atoms with Gasteiger partial charge in [-0.25, -0.2) is 9.97 Å². The normalized spacial score (nSPS) is 11.7. The first-order chi connectivity index (χ1) is 12.8. The minimum atomic E-state index is -0.115. The Morgan fingerprint density at radius 1 is 1.08 bits per heavy atom. The van der Waals surface area contributed by atoms with E-state index in [1.54, 1.807) is 0 Å². The molecule has 2 aromatic heterocycles. The van der Waals surface area contributed by atoms with Crippen LogP contribution in [0.5, 0.6) is 0 Å². The molecule has 1 unspecified atom stereocenters. The van der Waals surface area contributed by atoms with Crippen molar-refractivity contribution >= 4 is 11.7 Å². The second-order valence-electron chi connectivity index (χ2n) is 5.94. The van der Waals surface area contributed by atoms with Crippen molar-refractivity contribution in [1.82, 2.24) is 19.9 Å². The smallest absolute Gasteiger partial charge is 0.227 e. The van der Waals surface area contributed by atoms with Gasteiger partial charge in [-0.1, -0.05) is 37.3 Å². The van der Waals surface area contributed by atoms with Crippen LogP contribution < -0.4 is 10.6 Å². The van der Waals surface area contributed by atoms with Gasteiger partial charge in [0.25, 0.3) is 0 Å². The van der Waals surface area contributed by atoms with Crippen molar-refractivity contribution in [2.75, 3.05) is 18.4 Å². The zero-order valence-corrected chi connectivity index (χ0v) is 14.8. The van der Waals surface area contributed by atoms with E-state index in [-0.39, 0.29) is 11.8 Å². The molecule has 1 atom stereocenters. The summed E-state index contributed by atoms with van der Waals surface area (Å²) in [4.78, 5) is 20.9. The number of hydrogen-bond acceptors (Lipinski definition) is 4. The number of carbonyl (C=O) groups excluding carboxylic acids is 1. The van der Waals surface area contributed by atoms with Gasteiger partial charge in [0.2, 0.25) is 5.91 Å². The highest BCUT2D eigenvalue weighted by Gasteiger charge is 2.17. The molecule has 134 valence electrons. The molecule has 0 saturated carbocycles. The Hall–Kier alpha value is -3.15. The third-order valence-corrected chi connectivity index (χ3v) is 4.18. The number of benzene rings is 1. The Balaban J connectivity index is 1.49. The number of nitrogens with zero attached hydrogens (tertiary/aromatic N) is 3. The first-order valence-corrected chi connectivity index (χ1v) is 8.80. The van der Waals surface area contributed by atoms with E-state index >= 15 is 0 Å². The molecule has 0 radical (unpaired) electrons. The van der Waals surface area contributed by atoms with Gasteiger partial charge in [0.15, 0.2) is 0 Å². The van der Waals surface area contributed by atoms with Crippen LogP contribution in [0.2, 0.25) is 0 Å². The molecular weight excluding hydrogens is 326 g/mol. The van der Waals surface area contributed by atoms with Gasteiger partial charge in [0, 0.05) is 31.5 Å². The number of amides is 1. The largest absolute Gasteiger partial charge is 0.368 e. The Labute approximate surface area is 153 Å². The second kappa shape index (κ2) is 8.80. The number of hydrogen-bond donors (Lipinski definition) is 2. The molecule has 3 aromatic rings. The zero-order chi connectivity index (χ0) is 18.2. The SMILES string of the molecule is CCC(C(=O)NCCNc1cc(-n2cccc2)ncn1)c1ccccc1. The summed E-state index contributed by atoms with van der Waals surface area (Å²) in [7, 11) is 0. The minimum Gasteiger partial charge on any atom is -0.368 e. The van der Waals surface area contributed by atoms with Gasteiger partial charge in [-0.15, -0.1) is 0 Å². The molecule has 0 aliphatic carbocycles. The van der Waals surface area contributed by atoms with Crippen LogP contribution in [0.3, 0.4) is 0 Å². The van der Waals surface area contributed by atoms with Crippen LogP contribution in [-0.4, -0.2) is 33.5 Å². The highest BCUT2D eigenvalue weighted by atomic mass is 16.1. The Morgan fingerprint density at radius 3 is 2.58 bits per heavy atom. The molecular formula is C20H23N5O. The summed E-state index contributed by atoms with van der Waals surface area (Å²) in [5.74, 6) is 1.46. The third-order valence-electron chi connectivity index (χ3n) is 4.18. The fourth-order valence-corrected chi connectivity index (χ4v) is 2.83. The number of nitrogens with one attached hydrogen (secondary N) is 2. The second-order valence-corrected chi connectivity index (χ2v) is 5.94. The van der Waals surface area contributed by atoms with Gasteiger partial charge < -0.3 is 15.2 Å². The average molecular weight is 349 g/mol.